The second-order valence-corrected chi connectivity index (χ2v) is 9.84. The fraction of sp³-hybridized carbons (Fsp3) is 0.800. The standard InChI is InChI=1S/C15H25N5O3S2/c1-4-11-7-19(3)5-6-20(11)14(21)12-8-25(22,23)9-13(12)17-15-16-10(2)18-24-15/h11-13H,4-9H2,1-3H3,(H,16,17,18)/t11?,12-,13-/m1/s1. The minimum atomic E-state index is -3.24. The largest absolute Gasteiger partial charge is 0.356 e. The zero-order valence-corrected chi connectivity index (χ0v) is 16.4. The summed E-state index contributed by atoms with van der Waals surface area (Å²) >= 11 is 1.19. The highest BCUT2D eigenvalue weighted by Gasteiger charge is 2.45. The van der Waals surface area contributed by atoms with Crippen molar-refractivity contribution in [3.05, 3.63) is 5.82 Å². The molecule has 2 fully saturated rings. The van der Waals surface area contributed by atoms with Crippen molar-refractivity contribution in [2.24, 2.45) is 5.92 Å². The molecule has 3 rings (SSSR count). The molecule has 3 heterocycles. The van der Waals surface area contributed by atoms with Crippen LogP contribution in [0.2, 0.25) is 0 Å². The normalized spacial score (nSPS) is 29.7. The van der Waals surface area contributed by atoms with E-state index in [4.69, 9.17) is 0 Å². The minimum absolute atomic E-state index is 0.0352. The Balaban J connectivity index is 1.78. The van der Waals surface area contributed by atoms with Gasteiger partial charge in [0.15, 0.2) is 9.84 Å². The van der Waals surface area contributed by atoms with E-state index in [1.165, 1.54) is 11.5 Å². The molecule has 0 radical (unpaired) electrons. The number of carbonyl (C=O) groups excluding carboxylic acids is 1. The fourth-order valence-electron chi connectivity index (χ4n) is 3.61. The number of piperazine rings is 1. The quantitative estimate of drug-likeness (QED) is 0.790. The van der Waals surface area contributed by atoms with Crippen molar-refractivity contribution in [2.45, 2.75) is 32.4 Å². The molecule has 2 saturated heterocycles. The average molecular weight is 388 g/mol. The van der Waals surface area contributed by atoms with Gasteiger partial charge < -0.3 is 15.1 Å². The maximum Gasteiger partial charge on any atom is 0.229 e. The number of aryl methyl sites for hydroxylation is 1. The molecule has 2 aliphatic rings. The number of aromatic nitrogens is 2. The average Bonchev–Trinajstić information content (AvgIpc) is 3.09. The highest BCUT2D eigenvalue weighted by atomic mass is 32.2. The highest BCUT2D eigenvalue weighted by Crippen LogP contribution is 2.27. The van der Waals surface area contributed by atoms with E-state index in [9.17, 15) is 13.2 Å². The van der Waals surface area contributed by atoms with Crippen molar-refractivity contribution in [1.29, 1.82) is 0 Å². The Labute approximate surface area is 152 Å². The van der Waals surface area contributed by atoms with Gasteiger partial charge in [-0.25, -0.2) is 13.4 Å². The molecule has 0 saturated carbocycles. The molecular weight excluding hydrogens is 362 g/mol. The summed E-state index contributed by atoms with van der Waals surface area (Å²) in [5, 5.41) is 3.71. The lowest BCUT2D eigenvalue weighted by molar-refractivity contribution is -0.139. The van der Waals surface area contributed by atoms with Gasteiger partial charge in [0.1, 0.15) is 5.82 Å². The predicted molar refractivity (Wildman–Crippen MR) is 97.5 cm³/mol. The molecule has 0 bridgehead atoms. The van der Waals surface area contributed by atoms with Crippen LogP contribution in [-0.2, 0) is 14.6 Å². The molecule has 1 amide bonds. The minimum Gasteiger partial charge on any atom is -0.356 e. The van der Waals surface area contributed by atoms with E-state index in [1.807, 2.05) is 11.9 Å². The van der Waals surface area contributed by atoms with Gasteiger partial charge in [-0.05, 0) is 20.4 Å². The van der Waals surface area contributed by atoms with E-state index < -0.39 is 21.8 Å². The molecule has 3 atom stereocenters. The molecule has 10 heteroatoms. The number of nitrogens with zero attached hydrogens (tertiary/aromatic N) is 4. The van der Waals surface area contributed by atoms with Crippen molar-refractivity contribution in [3.63, 3.8) is 0 Å². The molecule has 1 unspecified atom stereocenters. The second kappa shape index (κ2) is 7.16. The van der Waals surface area contributed by atoms with Crippen molar-refractivity contribution >= 4 is 32.4 Å². The van der Waals surface area contributed by atoms with Crippen LogP contribution in [0, 0.1) is 12.8 Å². The topological polar surface area (TPSA) is 95.5 Å². The van der Waals surface area contributed by atoms with Crippen LogP contribution >= 0.6 is 11.5 Å². The monoisotopic (exact) mass is 387 g/mol. The number of likely N-dealkylation sites (N-methyl/N-ethyl adjacent to an activating group) is 1. The number of hydrogen-bond acceptors (Lipinski definition) is 8. The van der Waals surface area contributed by atoms with Gasteiger partial charge in [-0.15, -0.1) is 0 Å². The van der Waals surface area contributed by atoms with Gasteiger partial charge in [-0.3, -0.25) is 4.79 Å². The van der Waals surface area contributed by atoms with Gasteiger partial charge in [-0.2, -0.15) is 4.37 Å². The van der Waals surface area contributed by atoms with Crippen LogP contribution in [0.4, 0.5) is 5.13 Å². The summed E-state index contributed by atoms with van der Waals surface area (Å²) in [6, 6.07) is -0.305. The molecular formula is C15H25N5O3S2. The summed E-state index contributed by atoms with van der Waals surface area (Å²) in [5.74, 6) is -0.107. The third kappa shape index (κ3) is 4.12. The van der Waals surface area contributed by atoms with Gasteiger partial charge >= 0.3 is 0 Å². The molecule has 1 aromatic rings. The Morgan fingerprint density at radius 1 is 1.36 bits per heavy atom. The summed E-state index contributed by atoms with van der Waals surface area (Å²) in [7, 11) is -1.19. The molecule has 2 aliphatic heterocycles. The predicted octanol–water partition coefficient (Wildman–Crippen LogP) is 0.224. The molecule has 1 N–H and O–H groups in total. The van der Waals surface area contributed by atoms with Gasteiger partial charge in [0.25, 0.3) is 0 Å². The molecule has 0 spiro atoms. The Morgan fingerprint density at radius 2 is 2.12 bits per heavy atom. The van der Waals surface area contributed by atoms with Crippen LogP contribution in [0.25, 0.3) is 0 Å². The van der Waals surface area contributed by atoms with Gasteiger partial charge in [0.05, 0.1) is 23.5 Å². The van der Waals surface area contributed by atoms with Crippen molar-refractivity contribution in [3.8, 4) is 0 Å². The van der Waals surface area contributed by atoms with Crippen LogP contribution < -0.4 is 5.32 Å². The number of sulfone groups is 1. The maximum atomic E-state index is 13.1. The van der Waals surface area contributed by atoms with Crippen LogP contribution in [0.1, 0.15) is 19.2 Å². The molecule has 25 heavy (non-hydrogen) atoms. The lowest BCUT2D eigenvalue weighted by Gasteiger charge is -2.41. The van der Waals surface area contributed by atoms with Crippen molar-refractivity contribution in [2.75, 3.05) is 43.5 Å². The number of anilines is 1. The second-order valence-electron chi connectivity index (χ2n) is 6.94. The lowest BCUT2D eigenvalue weighted by Crippen LogP contribution is -2.56. The van der Waals surface area contributed by atoms with Crippen molar-refractivity contribution in [1.82, 2.24) is 19.2 Å². The first-order chi connectivity index (χ1) is 11.8. The number of amides is 1. The summed E-state index contributed by atoms with van der Waals surface area (Å²) in [5.41, 5.74) is 0. The van der Waals surface area contributed by atoms with Crippen LogP contribution in [0.5, 0.6) is 0 Å². The van der Waals surface area contributed by atoms with Gasteiger partial charge in [0, 0.05) is 37.2 Å². The Hall–Kier alpha value is -1.26. The molecule has 1 aromatic heterocycles. The third-order valence-corrected chi connectivity index (χ3v) is 7.42. The van der Waals surface area contributed by atoms with E-state index in [1.54, 1.807) is 6.92 Å². The molecule has 8 nitrogen and oxygen atoms in total. The number of rotatable bonds is 4. The summed E-state index contributed by atoms with van der Waals surface area (Å²) in [6.45, 7) is 6.14. The van der Waals surface area contributed by atoms with Crippen LogP contribution in [-0.4, -0.2) is 83.8 Å². The van der Waals surface area contributed by atoms with Crippen LogP contribution in [0.15, 0.2) is 0 Å². The third-order valence-electron chi connectivity index (χ3n) is 4.95. The SMILES string of the molecule is CCC1CN(C)CCN1C(=O)[C@@H]1CS(=O)(=O)C[C@H]1Nc1nc(C)ns1. The van der Waals surface area contributed by atoms with Gasteiger partial charge in [0.2, 0.25) is 11.0 Å². The Kier molecular flexibility index (Phi) is 5.31. The molecule has 140 valence electrons. The van der Waals surface area contributed by atoms with E-state index >= 15 is 0 Å². The first-order valence-corrected chi connectivity index (χ1v) is 11.1. The summed E-state index contributed by atoms with van der Waals surface area (Å²) in [4.78, 5) is 21.5. The summed E-state index contributed by atoms with van der Waals surface area (Å²) < 4.78 is 28.5. The first kappa shape index (κ1) is 18.5. The van der Waals surface area contributed by atoms with E-state index in [0.717, 1.165) is 19.5 Å². The highest BCUT2D eigenvalue weighted by molar-refractivity contribution is 7.91. The van der Waals surface area contributed by atoms with E-state index in [0.29, 0.717) is 17.5 Å². The lowest BCUT2D eigenvalue weighted by atomic mass is 9.99. The number of carbonyl (C=O) groups is 1. The molecule has 0 aliphatic carbocycles. The first-order valence-electron chi connectivity index (χ1n) is 8.55. The fourth-order valence-corrected chi connectivity index (χ4v) is 6.17. The van der Waals surface area contributed by atoms with Crippen molar-refractivity contribution < 1.29 is 13.2 Å². The van der Waals surface area contributed by atoms with E-state index in [2.05, 4.69) is 26.5 Å². The number of hydrogen-bond donors (Lipinski definition) is 1. The zero-order valence-electron chi connectivity index (χ0n) is 14.8. The number of nitrogens with one attached hydrogen (secondary N) is 1. The Morgan fingerprint density at radius 3 is 2.76 bits per heavy atom. The van der Waals surface area contributed by atoms with E-state index in [-0.39, 0.29) is 23.5 Å². The Bertz CT molecular complexity index is 735. The maximum absolute atomic E-state index is 13.1. The molecule has 0 aromatic carbocycles. The van der Waals surface area contributed by atoms with Gasteiger partial charge in [-0.1, -0.05) is 6.92 Å². The van der Waals surface area contributed by atoms with Crippen LogP contribution in [0.3, 0.4) is 0 Å². The summed E-state index contributed by atoms with van der Waals surface area (Å²) in [6.07, 6.45) is 0.864. The smallest absolute Gasteiger partial charge is 0.229 e. The zero-order chi connectivity index (χ0) is 18.2.